The molecule has 132 valence electrons. The average molecular weight is 347 g/mol. The van der Waals surface area contributed by atoms with Gasteiger partial charge in [-0.25, -0.2) is 4.98 Å². The van der Waals surface area contributed by atoms with E-state index in [-0.39, 0.29) is 0 Å². The van der Waals surface area contributed by atoms with E-state index in [0.717, 1.165) is 66.5 Å². The van der Waals surface area contributed by atoms with Gasteiger partial charge in [0.2, 0.25) is 0 Å². The highest BCUT2D eigenvalue weighted by Crippen LogP contribution is 2.27. The lowest BCUT2D eigenvalue weighted by molar-refractivity contribution is 0.197. The number of hydrogen-bond donors (Lipinski definition) is 1. The first-order valence-electron chi connectivity index (χ1n) is 9.11. The van der Waals surface area contributed by atoms with Crippen LogP contribution < -0.4 is 0 Å². The van der Waals surface area contributed by atoms with Gasteiger partial charge in [-0.05, 0) is 57.1 Å². The minimum atomic E-state index is 0.409. The summed E-state index contributed by atoms with van der Waals surface area (Å²) in [6, 6.07) is 12.1. The van der Waals surface area contributed by atoms with Crippen molar-refractivity contribution >= 4 is 16.7 Å². The molecule has 0 amide bonds. The van der Waals surface area contributed by atoms with E-state index in [9.17, 15) is 0 Å². The number of aryl methyl sites for hydroxylation is 1. The zero-order chi connectivity index (χ0) is 17.5. The first-order chi connectivity index (χ1) is 12.8. The van der Waals surface area contributed by atoms with E-state index >= 15 is 0 Å². The third-order valence-electron chi connectivity index (χ3n) is 5.18. The lowest BCUT2D eigenvalue weighted by Crippen LogP contribution is -2.33. The van der Waals surface area contributed by atoms with Gasteiger partial charge in [-0.1, -0.05) is 12.1 Å². The van der Waals surface area contributed by atoms with Gasteiger partial charge in [0.25, 0.3) is 0 Å². The van der Waals surface area contributed by atoms with Crippen molar-refractivity contribution < 1.29 is 0 Å². The summed E-state index contributed by atoms with van der Waals surface area (Å²) in [6.07, 6.45) is 2.13. The molecule has 1 fully saturated rings. The van der Waals surface area contributed by atoms with E-state index < -0.39 is 0 Å². The third-order valence-corrected chi connectivity index (χ3v) is 5.18. The van der Waals surface area contributed by atoms with Gasteiger partial charge in [0, 0.05) is 5.92 Å². The maximum atomic E-state index is 4.69. The largest absolute Gasteiger partial charge is 0.341 e. The van der Waals surface area contributed by atoms with Crippen LogP contribution in [0.25, 0.3) is 16.7 Å². The highest BCUT2D eigenvalue weighted by molar-refractivity contribution is 5.74. The topological polar surface area (TPSA) is 75.0 Å². The zero-order valence-electron chi connectivity index (χ0n) is 14.8. The van der Waals surface area contributed by atoms with Crippen LogP contribution in [-0.4, -0.2) is 47.8 Å². The molecule has 7 heteroatoms. The van der Waals surface area contributed by atoms with Crippen LogP contribution in [-0.2, 0) is 6.54 Å². The van der Waals surface area contributed by atoms with Gasteiger partial charge < -0.3 is 4.98 Å². The van der Waals surface area contributed by atoms with Crippen LogP contribution in [0.4, 0.5) is 0 Å². The molecular weight excluding hydrogens is 326 g/mol. The van der Waals surface area contributed by atoms with Gasteiger partial charge >= 0.3 is 0 Å². The Morgan fingerprint density at radius 1 is 1.08 bits per heavy atom. The molecule has 4 heterocycles. The van der Waals surface area contributed by atoms with Gasteiger partial charge in [0.15, 0.2) is 11.5 Å². The van der Waals surface area contributed by atoms with E-state index in [2.05, 4.69) is 31.2 Å². The van der Waals surface area contributed by atoms with Gasteiger partial charge in [0.1, 0.15) is 5.82 Å². The molecule has 1 aliphatic heterocycles. The normalized spacial score (nSPS) is 16.7. The van der Waals surface area contributed by atoms with Crippen LogP contribution in [0.5, 0.6) is 0 Å². The molecule has 0 aliphatic carbocycles. The average Bonchev–Trinajstić information content (AvgIpc) is 3.25. The number of benzene rings is 1. The molecule has 1 aliphatic rings. The van der Waals surface area contributed by atoms with E-state index in [1.165, 1.54) is 0 Å². The number of piperidine rings is 1. The summed E-state index contributed by atoms with van der Waals surface area (Å²) in [4.78, 5) is 10.6. The second kappa shape index (κ2) is 6.17. The van der Waals surface area contributed by atoms with Gasteiger partial charge in [-0.3, -0.25) is 4.90 Å². The second-order valence-corrected chi connectivity index (χ2v) is 7.05. The molecular formula is C19H21N7. The van der Waals surface area contributed by atoms with Crippen molar-refractivity contribution in [3.05, 3.63) is 53.7 Å². The maximum Gasteiger partial charge on any atom is 0.177 e. The first kappa shape index (κ1) is 15.5. The summed E-state index contributed by atoms with van der Waals surface area (Å²) in [6.45, 7) is 4.92. The van der Waals surface area contributed by atoms with Crippen LogP contribution in [0.15, 0.2) is 36.4 Å². The van der Waals surface area contributed by atoms with Crippen LogP contribution >= 0.6 is 0 Å². The number of likely N-dealkylation sites (tertiary alicyclic amines) is 1. The number of nitrogens with zero attached hydrogens (tertiary/aromatic N) is 6. The van der Waals surface area contributed by atoms with Crippen molar-refractivity contribution in [3.63, 3.8) is 0 Å². The number of rotatable bonds is 3. The Balaban J connectivity index is 1.29. The molecule has 3 aromatic heterocycles. The predicted molar refractivity (Wildman–Crippen MR) is 98.9 cm³/mol. The molecule has 1 saturated heterocycles. The fraction of sp³-hybridized carbons (Fsp3) is 0.368. The molecule has 26 heavy (non-hydrogen) atoms. The van der Waals surface area contributed by atoms with Crippen molar-refractivity contribution in [2.75, 3.05) is 13.1 Å². The number of H-pyrrole nitrogens is 1. The van der Waals surface area contributed by atoms with Crippen LogP contribution in [0.3, 0.4) is 0 Å². The summed E-state index contributed by atoms with van der Waals surface area (Å²) in [5.74, 6) is 2.44. The maximum absolute atomic E-state index is 4.69. The lowest BCUT2D eigenvalue weighted by Gasteiger charge is -2.30. The Morgan fingerprint density at radius 3 is 2.77 bits per heavy atom. The van der Waals surface area contributed by atoms with Crippen molar-refractivity contribution in [2.45, 2.75) is 32.2 Å². The summed E-state index contributed by atoms with van der Waals surface area (Å²) in [7, 11) is 0. The van der Waals surface area contributed by atoms with E-state index in [1.807, 2.05) is 41.8 Å². The van der Waals surface area contributed by atoms with Gasteiger partial charge in [-0.15, -0.1) is 10.2 Å². The molecule has 5 rings (SSSR count). The summed E-state index contributed by atoms with van der Waals surface area (Å²) in [5.41, 5.74) is 3.96. The van der Waals surface area contributed by atoms with Crippen molar-refractivity contribution in [2.24, 2.45) is 0 Å². The molecule has 1 N–H and O–H groups in total. The van der Waals surface area contributed by atoms with Crippen molar-refractivity contribution in [3.8, 4) is 0 Å². The fourth-order valence-electron chi connectivity index (χ4n) is 3.79. The SMILES string of the molecule is Cc1ccc2nnc(C3CCN(Cc4nc5ccccc5[nH]4)CC3)n2n1. The minimum absolute atomic E-state index is 0.409. The van der Waals surface area contributed by atoms with Crippen LogP contribution in [0, 0.1) is 6.92 Å². The quantitative estimate of drug-likeness (QED) is 0.617. The van der Waals surface area contributed by atoms with E-state index in [4.69, 9.17) is 4.98 Å². The van der Waals surface area contributed by atoms with Crippen molar-refractivity contribution in [1.82, 2.24) is 34.7 Å². The van der Waals surface area contributed by atoms with Crippen molar-refractivity contribution in [1.29, 1.82) is 0 Å². The predicted octanol–water partition coefficient (Wildman–Crippen LogP) is 2.69. The third kappa shape index (κ3) is 2.74. The Morgan fingerprint density at radius 2 is 1.92 bits per heavy atom. The van der Waals surface area contributed by atoms with Gasteiger partial charge in [-0.2, -0.15) is 9.61 Å². The van der Waals surface area contributed by atoms with Gasteiger partial charge in [0.05, 0.1) is 23.3 Å². The molecule has 0 spiro atoms. The molecule has 7 nitrogen and oxygen atoms in total. The Bertz CT molecular complexity index is 1020. The number of hydrogen-bond acceptors (Lipinski definition) is 5. The Kier molecular flexibility index (Phi) is 3.67. The molecule has 0 atom stereocenters. The Hall–Kier alpha value is -2.80. The molecule has 0 radical (unpaired) electrons. The summed E-state index contributed by atoms with van der Waals surface area (Å²) >= 11 is 0. The molecule has 0 saturated carbocycles. The van der Waals surface area contributed by atoms with Crippen LogP contribution in [0.2, 0.25) is 0 Å². The van der Waals surface area contributed by atoms with Crippen LogP contribution in [0.1, 0.15) is 36.1 Å². The van der Waals surface area contributed by atoms with E-state index in [0.29, 0.717) is 5.92 Å². The number of imidazole rings is 1. The summed E-state index contributed by atoms with van der Waals surface area (Å²) in [5, 5.41) is 13.3. The fourth-order valence-corrected chi connectivity index (χ4v) is 3.79. The smallest absolute Gasteiger partial charge is 0.177 e. The number of nitrogens with one attached hydrogen (secondary N) is 1. The molecule has 0 bridgehead atoms. The minimum Gasteiger partial charge on any atom is -0.341 e. The lowest BCUT2D eigenvalue weighted by atomic mass is 9.96. The molecule has 1 aromatic carbocycles. The number of para-hydroxylation sites is 2. The number of aromatic nitrogens is 6. The number of fused-ring (bicyclic) bond motifs is 2. The second-order valence-electron chi connectivity index (χ2n) is 7.05. The molecule has 0 unspecified atom stereocenters. The first-order valence-corrected chi connectivity index (χ1v) is 9.11. The number of aromatic amines is 1. The van der Waals surface area contributed by atoms with E-state index in [1.54, 1.807) is 0 Å². The monoisotopic (exact) mass is 347 g/mol. The molecule has 4 aromatic rings. The standard InChI is InChI=1S/C19H21N7/c1-13-6-7-18-22-23-19(26(18)24-13)14-8-10-25(11-9-14)12-17-20-15-4-2-3-5-16(15)21-17/h2-7,14H,8-12H2,1H3,(H,20,21). The highest BCUT2D eigenvalue weighted by Gasteiger charge is 2.25. The highest BCUT2D eigenvalue weighted by atomic mass is 15.4. The summed E-state index contributed by atoms with van der Waals surface area (Å²) < 4.78 is 1.91. The Labute approximate surface area is 151 Å². The zero-order valence-corrected chi connectivity index (χ0v) is 14.8.